The Balaban J connectivity index is 1.55. The second-order valence-corrected chi connectivity index (χ2v) is 7.03. The van der Waals surface area contributed by atoms with Crippen LogP contribution in [0.3, 0.4) is 0 Å². The minimum atomic E-state index is -0.415. The summed E-state index contributed by atoms with van der Waals surface area (Å²) in [5.74, 6) is -0.653. The van der Waals surface area contributed by atoms with Crippen molar-refractivity contribution in [1.29, 1.82) is 0 Å². The number of likely N-dealkylation sites (tertiary alicyclic amines) is 1. The predicted molar refractivity (Wildman–Crippen MR) is 99.5 cm³/mol. The molecule has 0 aliphatic carbocycles. The molecule has 0 atom stereocenters. The quantitative estimate of drug-likeness (QED) is 0.810. The Kier molecular flexibility index (Phi) is 5.94. The number of rotatable bonds is 4. The van der Waals surface area contributed by atoms with Crippen LogP contribution in [0.4, 0.5) is 10.1 Å². The summed E-state index contributed by atoms with van der Waals surface area (Å²) < 4.78 is 13.6. The van der Waals surface area contributed by atoms with Gasteiger partial charge in [0.05, 0.1) is 5.69 Å². The van der Waals surface area contributed by atoms with E-state index in [1.165, 1.54) is 6.07 Å². The summed E-state index contributed by atoms with van der Waals surface area (Å²) >= 11 is 12.4. The highest BCUT2D eigenvalue weighted by Gasteiger charge is 2.26. The highest BCUT2D eigenvalue weighted by atomic mass is 35.5. The number of carbonyl (C=O) groups is 1. The number of nitrogens with one attached hydrogen (secondary N) is 1. The van der Waals surface area contributed by atoms with Crippen LogP contribution >= 0.6 is 23.2 Å². The third-order valence-corrected chi connectivity index (χ3v) is 5.24. The molecule has 25 heavy (non-hydrogen) atoms. The summed E-state index contributed by atoms with van der Waals surface area (Å²) in [5.41, 5.74) is 1.15. The molecule has 1 heterocycles. The average molecular weight is 381 g/mol. The van der Waals surface area contributed by atoms with Crippen molar-refractivity contribution < 1.29 is 9.18 Å². The highest BCUT2D eigenvalue weighted by Crippen LogP contribution is 2.28. The van der Waals surface area contributed by atoms with Gasteiger partial charge in [0.15, 0.2) is 0 Å². The van der Waals surface area contributed by atoms with Crippen molar-refractivity contribution in [2.24, 2.45) is 5.92 Å². The van der Waals surface area contributed by atoms with Crippen molar-refractivity contribution in [3.05, 3.63) is 63.9 Å². The molecule has 2 aromatic carbocycles. The molecule has 1 amide bonds. The van der Waals surface area contributed by atoms with Gasteiger partial charge in [0.25, 0.3) is 0 Å². The molecule has 6 heteroatoms. The number of carbonyl (C=O) groups excluding carboxylic acids is 1. The molecular weight excluding hydrogens is 362 g/mol. The van der Waals surface area contributed by atoms with Crippen molar-refractivity contribution in [3.8, 4) is 0 Å². The molecule has 2 aromatic rings. The van der Waals surface area contributed by atoms with E-state index in [1.807, 2.05) is 18.2 Å². The molecule has 0 aromatic heterocycles. The van der Waals surface area contributed by atoms with Crippen LogP contribution < -0.4 is 5.32 Å². The molecule has 0 radical (unpaired) electrons. The number of halogens is 3. The summed E-state index contributed by atoms with van der Waals surface area (Å²) in [6, 6.07) is 11.7. The van der Waals surface area contributed by atoms with Crippen LogP contribution in [0.1, 0.15) is 18.4 Å². The molecule has 1 aliphatic heterocycles. The molecule has 0 unspecified atom stereocenters. The topological polar surface area (TPSA) is 32.3 Å². The highest BCUT2D eigenvalue weighted by molar-refractivity contribution is 6.35. The monoisotopic (exact) mass is 380 g/mol. The van der Waals surface area contributed by atoms with E-state index in [-0.39, 0.29) is 17.5 Å². The molecule has 3 rings (SSSR count). The molecule has 0 bridgehead atoms. The zero-order valence-corrected chi connectivity index (χ0v) is 15.2. The Labute approximate surface area is 156 Å². The lowest BCUT2D eigenvalue weighted by Gasteiger charge is -2.31. The van der Waals surface area contributed by atoms with Gasteiger partial charge >= 0.3 is 0 Å². The first kappa shape index (κ1) is 18.2. The number of amides is 1. The fourth-order valence-corrected chi connectivity index (χ4v) is 3.57. The number of anilines is 1. The summed E-state index contributed by atoms with van der Waals surface area (Å²) in [6.07, 6.45) is 1.45. The van der Waals surface area contributed by atoms with Gasteiger partial charge in [0.2, 0.25) is 5.91 Å². The van der Waals surface area contributed by atoms with Crippen LogP contribution in [0.25, 0.3) is 0 Å². The Morgan fingerprint density at radius 3 is 2.36 bits per heavy atom. The van der Waals surface area contributed by atoms with E-state index in [0.717, 1.165) is 31.5 Å². The summed E-state index contributed by atoms with van der Waals surface area (Å²) in [7, 11) is 0. The summed E-state index contributed by atoms with van der Waals surface area (Å²) in [5, 5.41) is 4.01. The number of nitrogens with zero attached hydrogens (tertiary/aromatic N) is 1. The zero-order valence-electron chi connectivity index (χ0n) is 13.6. The molecule has 1 fully saturated rings. The normalized spacial score (nSPS) is 16.0. The molecule has 132 valence electrons. The fourth-order valence-electron chi connectivity index (χ4n) is 3.06. The predicted octanol–water partition coefficient (Wildman–Crippen LogP) is 4.98. The first-order chi connectivity index (χ1) is 12.0. The van der Waals surface area contributed by atoms with Crippen molar-refractivity contribution in [2.45, 2.75) is 19.4 Å². The Hall–Kier alpha value is -1.62. The lowest BCUT2D eigenvalue weighted by atomic mass is 9.95. The summed E-state index contributed by atoms with van der Waals surface area (Å²) in [6.45, 7) is 2.22. The number of piperidine rings is 1. The van der Waals surface area contributed by atoms with Gasteiger partial charge in [-0.2, -0.15) is 0 Å². The van der Waals surface area contributed by atoms with E-state index in [2.05, 4.69) is 10.2 Å². The Bertz CT molecular complexity index is 741. The van der Waals surface area contributed by atoms with Crippen LogP contribution in [-0.4, -0.2) is 23.9 Å². The third kappa shape index (κ3) is 4.51. The second kappa shape index (κ2) is 8.17. The molecule has 3 nitrogen and oxygen atoms in total. The van der Waals surface area contributed by atoms with Gasteiger partial charge in [-0.15, -0.1) is 0 Å². The van der Waals surface area contributed by atoms with Gasteiger partial charge in [-0.05, 0) is 50.2 Å². The van der Waals surface area contributed by atoms with E-state index >= 15 is 0 Å². The van der Waals surface area contributed by atoms with Gasteiger partial charge in [-0.1, -0.05) is 41.4 Å². The molecule has 0 spiro atoms. The van der Waals surface area contributed by atoms with E-state index in [9.17, 15) is 9.18 Å². The fraction of sp³-hybridized carbons (Fsp3) is 0.316. The van der Waals surface area contributed by atoms with Crippen LogP contribution in [-0.2, 0) is 11.3 Å². The van der Waals surface area contributed by atoms with E-state index in [1.54, 1.807) is 18.2 Å². The van der Waals surface area contributed by atoms with Gasteiger partial charge in [-0.3, -0.25) is 9.69 Å². The minimum Gasteiger partial charge on any atom is -0.323 e. The van der Waals surface area contributed by atoms with Gasteiger partial charge in [0, 0.05) is 28.1 Å². The minimum absolute atomic E-state index is 0.113. The number of hydrogen-bond donors (Lipinski definition) is 1. The second-order valence-electron chi connectivity index (χ2n) is 6.22. The number of benzene rings is 2. The third-order valence-electron chi connectivity index (χ3n) is 4.53. The Morgan fingerprint density at radius 1 is 1.08 bits per heavy atom. The van der Waals surface area contributed by atoms with Gasteiger partial charge in [-0.25, -0.2) is 4.39 Å². The number of para-hydroxylation sites is 1. The van der Waals surface area contributed by atoms with Gasteiger partial charge < -0.3 is 5.32 Å². The van der Waals surface area contributed by atoms with E-state index < -0.39 is 5.82 Å². The maximum atomic E-state index is 13.6. The maximum absolute atomic E-state index is 13.6. The first-order valence-electron chi connectivity index (χ1n) is 8.25. The van der Waals surface area contributed by atoms with Crippen molar-refractivity contribution in [1.82, 2.24) is 4.90 Å². The largest absolute Gasteiger partial charge is 0.323 e. The van der Waals surface area contributed by atoms with E-state index in [0.29, 0.717) is 16.6 Å². The van der Waals surface area contributed by atoms with Crippen molar-refractivity contribution in [3.63, 3.8) is 0 Å². The maximum Gasteiger partial charge on any atom is 0.227 e. The lowest BCUT2D eigenvalue weighted by molar-refractivity contribution is -0.121. The molecule has 1 aliphatic rings. The smallest absolute Gasteiger partial charge is 0.227 e. The van der Waals surface area contributed by atoms with Crippen LogP contribution in [0.5, 0.6) is 0 Å². The van der Waals surface area contributed by atoms with Gasteiger partial charge in [0.1, 0.15) is 5.82 Å². The SMILES string of the molecule is O=C(Nc1ccccc1F)C1CCN(Cc2c(Cl)cccc2Cl)CC1. The van der Waals surface area contributed by atoms with Crippen LogP contribution in [0.15, 0.2) is 42.5 Å². The molecule has 1 N–H and O–H groups in total. The average Bonchev–Trinajstić information content (AvgIpc) is 2.61. The molecule has 1 saturated heterocycles. The Morgan fingerprint density at radius 2 is 1.72 bits per heavy atom. The molecular formula is C19H19Cl2FN2O. The van der Waals surface area contributed by atoms with Crippen molar-refractivity contribution in [2.75, 3.05) is 18.4 Å². The van der Waals surface area contributed by atoms with Crippen LogP contribution in [0.2, 0.25) is 10.0 Å². The molecule has 0 saturated carbocycles. The van der Waals surface area contributed by atoms with Crippen LogP contribution in [0, 0.1) is 11.7 Å². The summed E-state index contributed by atoms with van der Waals surface area (Å²) in [4.78, 5) is 14.6. The number of hydrogen-bond acceptors (Lipinski definition) is 2. The zero-order chi connectivity index (χ0) is 17.8. The van der Waals surface area contributed by atoms with Crippen molar-refractivity contribution >= 4 is 34.8 Å². The van der Waals surface area contributed by atoms with E-state index in [4.69, 9.17) is 23.2 Å². The first-order valence-corrected chi connectivity index (χ1v) is 9.01. The lowest BCUT2D eigenvalue weighted by Crippen LogP contribution is -2.38. The standard InChI is InChI=1S/C19H19Cl2FN2O/c20-15-4-3-5-16(21)14(15)12-24-10-8-13(9-11-24)19(25)23-18-7-2-1-6-17(18)22/h1-7,13H,8-12H2,(H,23,25).